The zero-order chi connectivity index (χ0) is 19.4. The van der Waals surface area contributed by atoms with Gasteiger partial charge in [-0.15, -0.1) is 0 Å². The van der Waals surface area contributed by atoms with E-state index in [2.05, 4.69) is 21.2 Å². The molecule has 0 unspecified atom stereocenters. The molecule has 142 valence electrons. The van der Waals surface area contributed by atoms with Crippen LogP contribution in [0, 0.1) is 6.92 Å². The van der Waals surface area contributed by atoms with Crippen molar-refractivity contribution in [3.05, 3.63) is 63.6 Å². The monoisotopic (exact) mass is 428 g/mol. The van der Waals surface area contributed by atoms with E-state index in [0.29, 0.717) is 16.8 Å². The lowest BCUT2D eigenvalue weighted by atomic mass is 9.95. The van der Waals surface area contributed by atoms with E-state index in [1.165, 1.54) is 6.42 Å². The maximum atomic E-state index is 12.9. The number of carbonyl (C=O) groups is 2. The van der Waals surface area contributed by atoms with Gasteiger partial charge in [-0.25, -0.2) is 0 Å². The molecule has 1 aliphatic rings. The van der Waals surface area contributed by atoms with Crippen LogP contribution in [-0.4, -0.2) is 24.9 Å². The molecule has 0 aliphatic heterocycles. The highest BCUT2D eigenvalue weighted by atomic mass is 79.9. The number of benzene rings is 2. The molecule has 1 saturated carbocycles. The fourth-order valence-corrected chi connectivity index (χ4v) is 3.88. The van der Waals surface area contributed by atoms with Gasteiger partial charge in [0.1, 0.15) is 0 Å². The van der Waals surface area contributed by atoms with E-state index in [1.54, 1.807) is 18.0 Å². The molecule has 2 aromatic carbocycles. The Hall–Kier alpha value is -2.14. The topological polar surface area (TPSA) is 49.4 Å². The fraction of sp³-hybridized carbons (Fsp3) is 0.364. The summed E-state index contributed by atoms with van der Waals surface area (Å²) < 4.78 is 0.894. The molecule has 1 fully saturated rings. The molecular weight excluding hydrogens is 404 g/mol. The lowest BCUT2D eigenvalue weighted by molar-refractivity contribution is 0.0928. The van der Waals surface area contributed by atoms with Crippen molar-refractivity contribution in [2.75, 3.05) is 11.9 Å². The number of rotatable bonds is 4. The van der Waals surface area contributed by atoms with E-state index in [-0.39, 0.29) is 17.9 Å². The smallest absolute Gasteiger partial charge is 0.258 e. The van der Waals surface area contributed by atoms with Crippen LogP contribution >= 0.6 is 15.9 Å². The molecule has 1 N–H and O–H groups in total. The first-order valence-electron chi connectivity index (χ1n) is 9.41. The maximum absolute atomic E-state index is 12.9. The Bertz CT molecular complexity index is 844. The summed E-state index contributed by atoms with van der Waals surface area (Å²) in [5.41, 5.74) is 2.80. The van der Waals surface area contributed by atoms with E-state index in [0.717, 1.165) is 35.7 Å². The largest absolute Gasteiger partial charge is 0.349 e. The van der Waals surface area contributed by atoms with Gasteiger partial charge in [0, 0.05) is 23.1 Å². The number of aryl methyl sites for hydroxylation is 1. The van der Waals surface area contributed by atoms with Gasteiger partial charge in [0.25, 0.3) is 11.8 Å². The number of anilines is 1. The molecule has 0 bridgehead atoms. The molecule has 2 amide bonds. The van der Waals surface area contributed by atoms with Crippen LogP contribution < -0.4 is 10.2 Å². The van der Waals surface area contributed by atoms with Gasteiger partial charge in [-0.2, -0.15) is 0 Å². The van der Waals surface area contributed by atoms with Gasteiger partial charge >= 0.3 is 0 Å². The molecule has 0 aromatic heterocycles. The molecule has 1 aliphatic carbocycles. The number of nitrogens with one attached hydrogen (secondary N) is 1. The molecule has 0 spiro atoms. The number of hydrogen-bond acceptors (Lipinski definition) is 2. The molecular formula is C22H25BrN2O2. The Balaban J connectivity index is 1.82. The van der Waals surface area contributed by atoms with Crippen LogP contribution in [0.3, 0.4) is 0 Å². The van der Waals surface area contributed by atoms with Gasteiger partial charge in [0.15, 0.2) is 0 Å². The Morgan fingerprint density at radius 1 is 1.07 bits per heavy atom. The quantitative estimate of drug-likeness (QED) is 0.736. The third-order valence-electron chi connectivity index (χ3n) is 5.17. The highest BCUT2D eigenvalue weighted by molar-refractivity contribution is 9.10. The first kappa shape index (κ1) is 19.6. The Morgan fingerprint density at radius 3 is 2.48 bits per heavy atom. The summed E-state index contributed by atoms with van der Waals surface area (Å²) in [6, 6.07) is 13.0. The second kappa shape index (κ2) is 8.70. The average Bonchev–Trinajstić information content (AvgIpc) is 2.69. The van der Waals surface area contributed by atoms with E-state index in [9.17, 15) is 9.59 Å². The Labute approximate surface area is 169 Å². The second-order valence-electron chi connectivity index (χ2n) is 7.15. The number of nitrogens with zero attached hydrogens (tertiary/aromatic N) is 1. The standard InChI is InChI=1S/C22H25BrN2O2/c1-15-12-13-16(14-19(15)23)22(27)25(2)20-11-7-6-10-18(20)21(26)24-17-8-4-3-5-9-17/h6-7,10-14,17H,3-5,8-9H2,1-2H3,(H,24,26). The summed E-state index contributed by atoms with van der Waals surface area (Å²) in [5.74, 6) is -0.254. The van der Waals surface area contributed by atoms with Crippen molar-refractivity contribution in [3.63, 3.8) is 0 Å². The van der Waals surface area contributed by atoms with E-state index in [4.69, 9.17) is 0 Å². The van der Waals surface area contributed by atoms with Crippen molar-refractivity contribution < 1.29 is 9.59 Å². The van der Waals surface area contributed by atoms with Crippen LogP contribution in [0.5, 0.6) is 0 Å². The molecule has 0 heterocycles. The lowest BCUT2D eigenvalue weighted by Gasteiger charge is -2.25. The first-order valence-corrected chi connectivity index (χ1v) is 10.2. The van der Waals surface area contributed by atoms with Crippen LogP contribution in [0.25, 0.3) is 0 Å². The third-order valence-corrected chi connectivity index (χ3v) is 6.03. The Morgan fingerprint density at radius 2 is 1.78 bits per heavy atom. The minimum Gasteiger partial charge on any atom is -0.349 e. The number of halogens is 1. The van der Waals surface area contributed by atoms with E-state index >= 15 is 0 Å². The Kier molecular flexibility index (Phi) is 6.32. The normalized spacial score (nSPS) is 14.6. The van der Waals surface area contributed by atoms with E-state index in [1.807, 2.05) is 43.3 Å². The predicted molar refractivity (Wildman–Crippen MR) is 112 cm³/mol. The predicted octanol–water partition coefficient (Wildman–Crippen LogP) is 5.10. The zero-order valence-electron chi connectivity index (χ0n) is 15.8. The van der Waals surface area contributed by atoms with Gasteiger partial charge in [0.2, 0.25) is 0 Å². The highest BCUT2D eigenvalue weighted by Crippen LogP contribution is 2.24. The van der Waals surface area contributed by atoms with Crippen LogP contribution in [0.2, 0.25) is 0 Å². The third kappa shape index (κ3) is 4.59. The maximum Gasteiger partial charge on any atom is 0.258 e. The van der Waals surface area contributed by atoms with E-state index < -0.39 is 0 Å². The summed E-state index contributed by atoms with van der Waals surface area (Å²) in [5, 5.41) is 3.14. The molecule has 27 heavy (non-hydrogen) atoms. The van der Waals surface area contributed by atoms with Gasteiger partial charge in [-0.05, 0) is 49.6 Å². The minimum absolute atomic E-state index is 0.109. The van der Waals surface area contributed by atoms with Crippen molar-refractivity contribution >= 4 is 33.4 Å². The highest BCUT2D eigenvalue weighted by Gasteiger charge is 2.22. The average molecular weight is 429 g/mol. The zero-order valence-corrected chi connectivity index (χ0v) is 17.4. The summed E-state index contributed by atoms with van der Waals surface area (Å²) in [4.78, 5) is 27.3. The minimum atomic E-state index is -0.145. The molecule has 4 nitrogen and oxygen atoms in total. The molecule has 0 radical (unpaired) electrons. The lowest BCUT2D eigenvalue weighted by Crippen LogP contribution is -2.37. The van der Waals surface area contributed by atoms with Crippen LogP contribution in [-0.2, 0) is 0 Å². The van der Waals surface area contributed by atoms with Crippen molar-refractivity contribution in [1.82, 2.24) is 5.32 Å². The first-order chi connectivity index (χ1) is 13.0. The number of para-hydroxylation sites is 1. The van der Waals surface area contributed by atoms with Crippen molar-refractivity contribution in [2.24, 2.45) is 0 Å². The molecule has 2 aromatic rings. The fourth-order valence-electron chi connectivity index (χ4n) is 3.50. The van der Waals surface area contributed by atoms with Crippen molar-refractivity contribution in [3.8, 4) is 0 Å². The van der Waals surface area contributed by atoms with Crippen LogP contribution in [0.4, 0.5) is 5.69 Å². The van der Waals surface area contributed by atoms with Gasteiger partial charge in [-0.3, -0.25) is 9.59 Å². The molecule has 5 heteroatoms. The number of carbonyl (C=O) groups excluding carboxylic acids is 2. The number of hydrogen-bond donors (Lipinski definition) is 1. The van der Waals surface area contributed by atoms with Crippen LogP contribution in [0.1, 0.15) is 58.4 Å². The van der Waals surface area contributed by atoms with Crippen molar-refractivity contribution in [2.45, 2.75) is 45.1 Å². The van der Waals surface area contributed by atoms with Gasteiger partial charge in [-0.1, -0.05) is 53.4 Å². The second-order valence-corrected chi connectivity index (χ2v) is 8.01. The summed E-state index contributed by atoms with van der Waals surface area (Å²) in [6.45, 7) is 1.98. The molecule has 0 saturated heterocycles. The summed E-state index contributed by atoms with van der Waals surface area (Å²) in [7, 11) is 1.71. The summed E-state index contributed by atoms with van der Waals surface area (Å²) in [6.07, 6.45) is 5.62. The SMILES string of the molecule is Cc1ccc(C(=O)N(C)c2ccccc2C(=O)NC2CCCCC2)cc1Br. The molecule has 0 atom stereocenters. The van der Waals surface area contributed by atoms with Crippen molar-refractivity contribution in [1.29, 1.82) is 0 Å². The van der Waals surface area contributed by atoms with Crippen LogP contribution in [0.15, 0.2) is 46.9 Å². The summed E-state index contributed by atoms with van der Waals surface area (Å²) >= 11 is 3.48. The van der Waals surface area contributed by atoms with Gasteiger partial charge < -0.3 is 10.2 Å². The molecule has 3 rings (SSSR count). The van der Waals surface area contributed by atoms with Gasteiger partial charge in [0.05, 0.1) is 11.3 Å². The number of amides is 2.